The molecule has 0 radical (unpaired) electrons. The lowest BCUT2D eigenvalue weighted by Gasteiger charge is -2.44. The molecular formula is C23H20F5N3O2. The molecule has 0 saturated heterocycles. The molecular weight excluding hydrogens is 445 g/mol. The molecule has 10 heteroatoms. The average Bonchev–Trinajstić information content (AvgIpc) is 2.73. The number of halogens is 5. The van der Waals surface area contributed by atoms with E-state index in [9.17, 15) is 32.2 Å². The first-order chi connectivity index (χ1) is 15.3. The molecule has 0 amide bonds. The van der Waals surface area contributed by atoms with Crippen molar-refractivity contribution < 1.29 is 32.2 Å². The van der Waals surface area contributed by atoms with E-state index >= 15 is 0 Å². The molecule has 3 aromatic rings. The summed E-state index contributed by atoms with van der Waals surface area (Å²) >= 11 is 0. The maximum absolute atomic E-state index is 14.3. The highest BCUT2D eigenvalue weighted by Gasteiger charge is 2.62. The quantitative estimate of drug-likeness (QED) is 0.432. The van der Waals surface area contributed by atoms with Crippen molar-refractivity contribution >= 4 is 22.2 Å². The summed E-state index contributed by atoms with van der Waals surface area (Å²) in [6, 6.07) is 2.33. The maximum atomic E-state index is 14.3. The number of hydrogen-bond acceptors (Lipinski definition) is 5. The van der Waals surface area contributed by atoms with Gasteiger partial charge in [0.1, 0.15) is 17.2 Å². The second-order valence-electron chi connectivity index (χ2n) is 8.29. The van der Waals surface area contributed by atoms with Gasteiger partial charge in [-0.1, -0.05) is 11.6 Å². The molecule has 2 aromatic carbocycles. The first kappa shape index (κ1) is 22.9. The van der Waals surface area contributed by atoms with Gasteiger partial charge < -0.3 is 15.5 Å². The molecule has 1 aromatic heterocycles. The smallest absolute Gasteiger partial charge is 0.419 e. The van der Waals surface area contributed by atoms with Gasteiger partial charge in [-0.15, -0.1) is 0 Å². The number of alkyl halides is 3. The molecule has 1 heterocycles. The minimum Gasteiger partial charge on any atom is -0.504 e. The Morgan fingerprint density at radius 1 is 1.12 bits per heavy atom. The summed E-state index contributed by atoms with van der Waals surface area (Å²) in [6.45, 7) is 4.57. The first-order valence-electron chi connectivity index (χ1n) is 10.0. The zero-order valence-corrected chi connectivity index (χ0v) is 17.8. The van der Waals surface area contributed by atoms with Crippen molar-refractivity contribution in [3.63, 3.8) is 0 Å². The second-order valence-corrected chi connectivity index (χ2v) is 8.29. The fourth-order valence-electron chi connectivity index (χ4n) is 4.20. The molecule has 4 rings (SSSR count). The van der Waals surface area contributed by atoms with Crippen LogP contribution in [-0.4, -0.2) is 32.0 Å². The number of hydrogen-bond donors (Lipinski definition) is 3. The van der Waals surface area contributed by atoms with Crippen LogP contribution in [0.1, 0.15) is 43.3 Å². The van der Waals surface area contributed by atoms with Crippen molar-refractivity contribution in [2.45, 2.75) is 45.0 Å². The topological polar surface area (TPSA) is 78.3 Å². The van der Waals surface area contributed by atoms with Crippen LogP contribution in [0.4, 0.5) is 27.6 Å². The summed E-state index contributed by atoms with van der Waals surface area (Å²) in [6.07, 6.45) is -4.76. The SMILES string of the molecule is CC(C)=C1CC(O)(C(F)(F)F)C(Nc2ccc(F)c3nc(C)ncc23)c2ccc(F)c(O)c21. The molecule has 0 bridgehead atoms. The number of anilines is 1. The predicted molar refractivity (Wildman–Crippen MR) is 113 cm³/mol. The number of nitrogens with zero attached hydrogens (tertiary/aromatic N) is 2. The van der Waals surface area contributed by atoms with Crippen LogP contribution in [0.25, 0.3) is 16.5 Å². The Morgan fingerprint density at radius 3 is 2.42 bits per heavy atom. The van der Waals surface area contributed by atoms with Crippen LogP contribution in [0, 0.1) is 18.6 Å². The molecule has 174 valence electrons. The van der Waals surface area contributed by atoms with E-state index in [4.69, 9.17) is 0 Å². The third-order valence-electron chi connectivity index (χ3n) is 5.91. The van der Waals surface area contributed by atoms with Crippen molar-refractivity contribution in [2.75, 3.05) is 5.32 Å². The van der Waals surface area contributed by atoms with Crippen molar-refractivity contribution in [3.8, 4) is 5.75 Å². The summed E-state index contributed by atoms with van der Waals surface area (Å²) in [5, 5.41) is 24.2. The van der Waals surface area contributed by atoms with Gasteiger partial charge >= 0.3 is 6.18 Å². The summed E-state index contributed by atoms with van der Waals surface area (Å²) in [7, 11) is 0. The molecule has 0 spiro atoms. The van der Waals surface area contributed by atoms with Crippen molar-refractivity contribution in [2.24, 2.45) is 0 Å². The highest BCUT2D eigenvalue weighted by Crippen LogP contribution is 2.55. The van der Waals surface area contributed by atoms with Gasteiger partial charge in [0.05, 0.1) is 6.04 Å². The number of fused-ring (bicyclic) bond motifs is 2. The fourth-order valence-corrected chi connectivity index (χ4v) is 4.20. The van der Waals surface area contributed by atoms with Gasteiger partial charge in [-0.2, -0.15) is 13.2 Å². The molecule has 5 nitrogen and oxygen atoms in total. The second kappa shape index (κ2) is 7.65. The molecule has 1 aliphatic rings. The van der Waals surface area contributed by atoms with E-state index in [0.717, 1.165) is 18.2 Å². The largest absolute Gasteiger partial charge is 0.504 e. The number of allylic oxidation sites excluding steroid dienone is 1. The number of aliphatic hydroxyl groups is 1. The van der Waals surface area contributed by atoms with E-state index in [0.29, 0.717) is 5.57 Å². The number of aromatic hydroxyl groups is 1. The van der Waals surface area contributed by atoms with E-state index in [2.05, 4.69) is 15.3 Å². The number of phenolic OH excluding ortho intramolecular Hbond substituents is 1. The Kier molecular flexibility index (Phi) is 5.31. The molecule has 3 N–H and O–H groups in total. The number of benzene rings is 2. The minimum atomic E-state index is -5.10. The molecule has 0 aliphatic heterocycles. The van der Waals surface area contributed by atoms with Gasteiger partial charge in [-0.05, 0) is 50.1 Å². The predicted octanol–water partition coefficient (Wildman–Crippen LogP) is 5.57. The van der Waals surface area contributed by atoms with Crippen LogP contribution >= 0.6 is 0 Å². The third-order valence-corrected chi connectivity index (χ3v) is 5.91. The fraction of sp³-hybridized carbons (Fsp3) is 0.304. The maximum Gasteiger partial charge on any atom is 0.419 e. The van der Waals surface area contributed by atoms with Crippen LogP contribution in [0.5, 0.6) is 5.75 Å². The van der Waals surface area contributed by atoms with Gasteiger partial charge in [0.15, 0.2) is 17.2 Å². The Morgan fingerprint density at radius 2 is 1.79 bits per heavy atom. The van der Waals surface area contributed by atoms with E-state index in [1.54, 1.807) is 0 Å². The summed E-state index contributed by atoms with van der Waals surface area (Å²) in [5.41, 5.74) is -3.28. The Bertz CT molecular complexity index is 1300. The lowest BCUT2D eigenvalue weighted by atomic mass is 9.71. The number of aryl methyl sites for hydroxylation is 1. The molecule has 0 saturated carbocycles. The minimum absolute atomic E-state index is 0.0113. The number of nitrogens with one attached hydrogen (secondary N) is 1. The molecule has 2 atom stereocenters. The van der Waals surface area contributed by atoms with Gasteiger partial charge in [0.2, 0.25) is 0 Å². The van der Waals surface area contributed by atoms with E-state index in [1.165, 1.54) is 33.0 Å². The van der Waals surface area contributed by atoms with Crippen LogP contribution in [0.3, 0.4) is 0 Å². The first-order valence-corrected chi connectivity index (χ1v) is 10.0. The Labute approximate surface area is 185 Å². The van der Waals surface area contributed by atoms with E-state index < -0.39 is 41.6 Å². The number of rotatable bonds is 2. The average molecular weight is 465 g/mol. The highest BCUT2D eigenvalue weighted by atomic mass is 19.4. The number of aromatic nitrogens is 2. The normalized spacial score (nSPS) is 20.6. The summed E-state index contributed by atoms with van der Waals surface area (Å²) in [4.78, 5) is 8.00. The van der Waals surface area contributed by atoms with Gasteiger partial charge in [-0.3, -0.25) is 0 Å². The molecule has 1 aliphatic carbocycles. The van der Waals surface area contributed by atoms with Crippen molar-refractivity contribution in [3.05, 3.63) is 64.6 Å². The van der Waals surface area contributed by atoms with Gasteiger partial charge in [0.25, 0.3) is 0 Å². The van der Waals surface area contributed by atoms with Crippen molar-refractivity contribution in [1.82, 2.24) is 9.97 Å². The van der Waals surface area contributed by atoms with Crippen molar-refractivity contribution in [1.29, 1.82) is 0 Å². The van der Waals surface area contributed by atoms with Gasteiger partial charge in [-0.25, -0.2) is 18.7 Å². The third kappa shape index (κ3) is 3.58. The van der Waals surface area contributed by atoms with E-state index in [1.807, 2.05) is 0 Å². The summed E-state index contributed by atoms with van der Waals surface area (Å²) < 4.78 is 71.4. The van der Waals surface area contributed by atoms with Crippen LogP contribution < -0.4 is 5.32 Å². The zero-order chi connectivity index (χ0) is 24.3. The number of phenols is 1. The molecule has 2 unspecified atom stereocenters. The lowest BCUT2D eigenvalue weighted by molar-refractivity contribution is -0.265. The van der Waals surface area contributed by atoms with Crippen LogP contribution in [-0.2, 0) is 0 Å². The van der Waals surface area contributed by atoms with E-state index in [-0.39, 0.29) is 39.1 Å². The highest BCUT2D eigenvalue weighted by molar-refractivity contribution is 5.91. The molecule has 33 heavy (non-hydrogen) atoms. The summed E-state index contributed by atoms with van der Waals surface area (Å²) in [5.74, 6) is -2.23. The zero-order valence-electron chi connectivity index (χ0n) is 17.8. The Hall–Kier alpha value is -3.27. The monoisotopic (exact) mass is 465 g/mol. The standard InChI is InChI=1S/C23H20F5N3O2/c1-10(2)13-8-22(33,23(26,27)28)21(12-4-5-16(25)20(32)18(12)13)31-17-7-6-15(24)19-14(17)9-29-11(3)30-19/h4-7,9,21,31-33H,8H2,1-3H3. The Balaban J connectivity index is 1.99. The molecule has 0 fully saturated rings. The van der Waals surface area contributed by atoms with Crippen LogP contribution in [0.2, 0.25) is 0 Å². The van der Waals surface area contributed by atoms with Gasteiger partial charge in [0, 0.05) is 29.3 Å². The van der Waals surface area contributed by atoms with Crippen LogP contribution in [0.15, 0.2) is 36.0 Å². The lowest BCUT2D eigenvalue weighted by Crippen LogP contribution is -2.54.